The van der Waals surface area contributed by atoms with Gasteiger partial charge in [-0.2, -0.15) is 0 Å². The minimum absolute atomic E-state index is 0.135. The third kappa shape index (κ3) is 3.57. The Morgan fingerprint density at radius 3 is 2.82 bits per heavy atom. The second-order valence-electron chi connectivity index (χ2n) is 3.22. The molecule has 17 heavy (non-hydrogen) atoms. The van der Waals surface area contributed by atoms with Gasteiger partial charge in [-0.1, -0.05) is 17.7 Å². The minimum atomic E-state index is -1.10. The number of rotatable bonds is 5. The quantitative estimate of drug-likeness (QED) is 0.808. The number of carbonyl (C=O) groups is 2. The van der Waals surface area contributed by atoms with E-state index in [2.05, 4.69) is 11.6 Å². The Morgan fingerprint density at radius 2 is 2.29 bits per heavy atom. The average Bonchev–Trinajstić information content (AvgIpc) is 2.28. The summed E-state index contributed by atoms with van der Waals surface area (Å²) in [5.74, 6) is -1.58. The highest BCUT2D eigenvalue weighted by Gasteiger charge is 2.19. The van der Waals surface area contributed by atoms with Crippen LogP contribution in [0.1, 0.15) is 10.4 Å². The molecule has 0 fully saturated rings. The van der Waals surface area contributed by atoms with Crippen LogP contribution in [0.25, 0.3) is 0 Å². The largest absolute Gasteiger partial charge is 0.480 e. The van der Waals surface area contributed by atoms with E-state index in [-0.39, 0.29) is 17.1 Å². The second-order valence-corrected chi connectivity index (χ2v) is 3.63. The molecular weight excluding hydrogens is 244 g/mol. The van der Waals surface area contributed by atoms with Crippen LogP contribution in [0.15, 0.2) is 31.1 Å². The summed E-state index contributed by atoms with van der Waals surface area (Å²) in [6.45, 7) is 3.20. The summed E-state index contributed by atoms with van der Waals surface area (Å²) in [4.78, 5) is 27.5. The van der Waals surface area contributed by atoms with E-state index in [1.807, 2.05) is 0 Å². The van der Waals surface area contributed by atoms with Crippen LogP contribution in [0.5, 0.6) is 0 Å². The Kier molecular flexibility index (Phi) is 4.66. The molecule has 0 saturated heterocycles. The highest BCUT2D eigenvalue weighted by Crippen LogP contribution is 2.15. The van der Waals surface area contributed by atoms with Crippen molar-refractivity contribution >= 4 is 23.5 Å². The van der Waals surface area contributed by atoms with Gasteiger partial charge in [0.05, 0.1) is 10.6 Å². The van der Waals surface area contributed by atoms with E-state index in [4.69, 9.17) is 16.7 Å². The van der Waals surface area contributed by atoms with Crippen molar-refractivity contribution in [2.24, 2.45) is 0 Å². The molecule has 5 nitrogen and oxygen atoms in total. The van der Waals surface area contributed by atoms with Crippen molar-refractivity contribution in [3.63, 3.8) is 0 Å². The number of aromatic nitrogens is 1. The smallest absolute Gasteiger partial charge is 0.323 e. The van der Waals surface area contributed by atoms with Crippen LogP contribution in [0, 0.1) is 0 Å². The zero-order valence-electron chi connectivity index (χ0n) is 8.97. The third-order valence-electron chi connectivity index (χ3n) is 1.96. The van der Waals surface area contributed by atoms with Gasteiger partial charge in [-0.05, 0) is 6.07 Å². The number of hydrogen-bond donors (Lipinski definition) is 1. The van der Waals surface area contributed by atoms with Crippen LogP contribution in [0.4, 0.5) is 0 Å². The number of pyridine rings is 1. The lowest BCUT2D eigenvalue weighted by Crippen LogP contribution is -2.36. The van der Waals surface area contributed by atoms with E-state index < -0.39 is 18.4 Å². The maximum Gasteiger partial charge on any atom is 0.323 e. The molecule has 90 valence electrons. The van der Waals surface area contributed by atoms with E-state index in [9.17, 15) is 9.59 Å². The number of carboxylic acid groups (broad SMARTS) is 1. The van der Waals surface area contributed by atoms with Gasteiger partial charge in [-0.3, -0.25) is 14.6 Å². The number of amides is 1. The maximum atomic E-state index is 12.0. The molecule has 0 unspecified atom stereocenters. The lowest BCUT2D eigenvalue weighted by atomic mass is 10.2. The first kappa shape index (κ1) is 13.2. The lowest BCUT2D eigenvalue weighted by Gasteiger charge is -2.19. The summed E-state index contributed by atoms with van der Waals surface area (Å²) < 4.78 is 0. The van der Waals surface area contributed by atoms with E-state index in [0.717, 1.165) is 4.90 Å². The summed E-state index contributed by atoms with van der Waals surface area (Å²) in [7, 11) is 0. The van der Waals surface area contributed by atoms with Gasteiger partial charge in [0.1, 0.15) is 6.54 Å². The molecule has 0 aliphatic rings. The van der Waals surface area contributed by atoms with E-state index in [0.29, 0.717) is 0 Å². The normalized spacial score (nSPS) is 9.71. The standard InChI is InChI=1S/C11H11ClN2O3/c1-2-5-14(7-10(15)16)11(17)8-6-13-4-3-9(8)12/h2-4,6H,1,5,7H2,(H,15,16). The molecule has 1 aromatic rings. The number of aliphatic carboxylic acids is 1. The Balaban J connectivity index is 2.95. The fraction of sp³-hybridized carbons (Fsp3) is 0.182. The average molecular weight is 255 g/mol. The summed E-state index contributed by atoms with van der Waals surface area (Å²) in [5.41, 5.74) is 0.178. The molecule has 0 aromatic carbocycles. The van der Waals surface area contributed by atoms with Crippen molar-refractivity contribution < 1.29 is 14.7 Å². The number of carboxylic acids is 1. The van der Waals surface area contributed by atoms with Crippen LogP contribution in [-0.2, 0) is 4.79 Å². The first-order valence-electron chi connectivity index (χ1n) is 4.77. The zero-order valence-corrected chi connectivity index (χ0v) is 9.72. The molecule has 0 atom stereocenters. The molecule has 0 aliphatic carbocycles. The molecule has 1 aromatic heterocycles. The summed E-state index contributed by atoms with van der Waals surface area (Å²) in [5, 5.41) is 8.94. The fourth-order valence-corrected chi connectivity index (χ4v) is 1.43. The van der Waals surface area contributed by atoms with E-state index in [1.54, 1.807) is 0 Å². The zero-order chi connectivity index (χ0) is 12.8. The first-order chi connectivity index (χ1) is 8.06. The number of carbonyl (C=O) groups excluding carboxylic acids is 1. The Bertz CT molecular complexity index is 448. The molecule has 1 N–H and O–H groups in total. The van der Waals surface area contributed by atoms with Gasteiger partial charge in [0.25, 0.3) is 5.91 Å². The van der Waals surface area contributed by atoms with E-state index >= 15 is 0 Å². The van der Waals surface area contributed by atoms with Gasteiger partial charge < -0.3 is 10.0 Å². The maximum absolute atomic E-state index is 12.0. The van der Waals surface area contributed by atoms with Crippen LogP contribution >= 0.6 is 11.6 Å². The Hall–Kier alpha value is -1.88. The molecule has 0 aliphatic heterocycles. The summed E-state index contributed by atoms with van der Waals surface area (Å²) >= 11 is 5.84. The fourth-order valence-electron chi connectivity index (χ4n) is 1.24. The first-order valence-corrected chi connectivity index (χ1v) is 5.15. The van der Waals surface area contributed by atoms with Gasteiger partial charge in [0.2, 0.25) is 0 Å². The molecule has 6 heteroatoms. The molecular formula is C11H11ClN2O3. The summed E-state index contributed by atoms with van der Waals surface area (Å²) in [6.07, 6.45) is 4.21. The van der Waals surface area contributed by atoms with Gasteiger partial charge in [0.15, 0.2) is 0 Å². The third-order valence-corrected chi connectivity index (χ3v) is 2.29. The second kappa shape index (κ2) is 6.00. The monoisotopic (exact) mass is 254 g/mol. The van der Waals surface area contributed by atoms with Crippen LogP contribution in [0.2, 0.25) is 5.02 Å². The predicted octanol–water partition coefficient (Wildman–Crippen LogP) is 1.45. The molecule has 1 rings (SSSR count). The molecule has 0 spiro atoms. The molecule has 0 saturated carbocycles. The van der Waals surface area contributed by atoms with Crippen molar-refractivity contribution in [3.8, 4) is 0 Å². The van der Waals surface area contributed by atoms with Crippen LogP contribution < -0.4 is 0 Å². The van der Waals surface area contributed by atoms with E-state index in [1.165, 1.54) is 24.5 Å². The topological polar surface area (TPSA) is 70.5 Å². The van der Waals surface area contributed by atoms with Gasteiger partial charge in [0, 0.05) is 18.9 Å². The van der Waals surface area contributed by atoms with Crippen molar-refractivity contribution in [1.29, 1.82) is 0 Å². The Morgan fingerprint density at radius 1 is 1.59 bits per heavy atom. The number of nitrogens with zero attached hydrogens (tertiary/aromatic N) is 2. The summed E-state index contributed by atoms with van der Waals surface area (Å²) in [6, 6.07) is 1.47. The van der Waals surface area contributed by atoms with Gasteiger partial charge in [-0.25, -0.2) is 0 Å². The van der Waals surface area contributed by atoms with Crippen LogP contribution in [-0.4, -0.2) is 40.0 Å². The van der Waals surface area contributed by atoms with Crippen molar-refractivity contribution in [2.75, 3.05) is 13.1 Å². The number of halogens is 1. The molecule has 1 heterocycles. The highest BCUT2D eigenvalue weighted by atomic mass is 35.5. The van der Waals surface area contributed by atoms with Crippen molar-refractivity contribution in [2.45, 2.75) is 0 Å². The lowest BCUT2D eigenvalue weighted by molar-refractivity contribution is -0.137. The molecule has 0 radical (unpaired) electrons. The van der Waals surface area contributed by atoms with Crippen LogP contribution in [0.3, 0.4) is 0 Å². The molecule has 0 bridgehead atoms. The SMILES string of the molecule is C=CCN(CC(=O)O)C(=O)c1cnccc1Cl. The van der Waals surface area contributed by atoms with Crippen molar-refractivity contribution in [1.82, 2.24) is 9.88 Å². The van der Waals surface area contributed by atoms with Crippen molar-refractivity contribution in [3.05, 3.63) is 41.7 Å². The highest BCUT2D eigenvalue weighted by molar-refractivity contribution is 6.33. The Labute approximate surface area is 103 Å². The predicted molar refractivity (Wildman–Crippen MR) is 63.0 cm³/mol. The van der Waals surface area contributed by atoms with Gasteiger partial charge >= 0.3 is 5.97 Å². The minimum Gasteiger partial charge on any atom is -0.480 e. The molecule has 1 amide bonds. The van der Waals surface area contributed by atoms with Gasteiger partial charge in [-0.15, -0.1) is 6.58 Å². The number of hydrogen-bond acceptors (Lipinski definition) is 3.